The summed E-state index contributed by atoms with van der Waals surface area (Å²) in [6.45, 7) is 2.33. The van der Waals surface area contributed by atoms with Crippen molar-refractivity contribution in [1.82, 2.24) is 14.6 Å². The number of hydrogen-bond donors (Lipinski definition) is 2. The summed E-state index contributed by atoms with van der Waals surface area (Å²) < 4.78 is 1.91. The van der Waals surface area contributed by atoms with E-state index in [1.807, 2.05) is 39.9 Å². The summed E-state index contributed by atoms with van der Waals surface area (Å²) in [6, 6.07) is 7.39. The minimum absolute atomic E-state index is 0.435. The van der Waals surface area contributed by atoms with Crippen molar-refractivity contribution in [2.75, 3.05) is 19.6 Å². The normalized spacial score (nSPS) is 19.5. The van der Waals surface area contributed by atoms with Gasteiger partial charge in [-0.3, -0.25) is 9.69 Å². The Labute approximate surface area is 122 Å². The summed E-state index contributed by atoms with van der Waals surface area (Å²) in [5.74, 6) is -0.829. The molecule has 3 rings (SSSR count). The third kappa shape index (κ3) is 2.49. The lowest BCUT2D eigenvalue weighted by Gasteiger charge is -2.33. The lowest BCUT2D eigenvalue weighted by Crippen LogP contribution is -2.54. The Morgan fingerprint density at radius 3 is 3.14 bits per heavy atom. The van der Waals surface area contributed by atoms with Gasteiger partial charge in [-0.25, -0.2) is 0 Å². The zero-order valence-corrected chi connectivity index (χ0v) is 11.5. The van der Waals surface area contributed by atoms with Gasteiger partial charge in [0.2, 0.25) is 0 Å². The van der Waals surface area contributed by atoms with Gasteiger partial charge in [0.25, 0.3) is 0 Å². The number of nitriles is 1. The van der Waals surface area contributed by atoms with Crippen LogP contribution in [0.15, 0.2) is 30.6 Å². The Balaban J connectivity index is 1.94. The fourth-order valence-corrected chi connectivity index (χ4v) is 2.82. The van der Waals surface area contributed by atoms with Gasteiger partial charge in [-0.2, -0.15) is 5.26 Å². The fourth-order valence-electron chi connectivity index (χ4n) is 2.82. The molecule has 2 aromatic heterocycles. The van der Waals surface area contributed by atoms with Crippen LogP contribution in [-0.4, -0.2) is 46.1 Å². The molecule has 1 aliphatic heterocycles. The van der Waals surface area contributed by atoms with Crippen LogP contribution in [0.3, 0.4) is 0 Å². The third-order valence-corrected chi connectivity index (χ3v) is 3.89. The maximum Gasteiger partial charge on any atom is 0.322 e. The van der Waals surface area contributed by atoms with E-state index in [0.717, 1.165) is 17.6 Å². The van der Waals surface area contributed by atoms with Crippen LogP contribution in [0.2, 0.25) is 0 Å². The molecule has 0 bridgehead atoms. The zero-order valence-electron chi connectivity index (χ0n) is 11.5. The second kappa shape index (κ2) is 5.56. The van der Waals surface area contributed by atoms with Crippen molar-refractivity contribution in [3.8, 4) is 6.07 Å². The van der Waals surface area contributed by atoms with Crippen molar-refractivity contribution in [2.24, 2.45) is 0 Å². The van der Waals surface area contributed by atoms with Gasteiger partial charge in [-0.1, -0.05) is 6.07 Å². The fraction of sp³-hybridized carbons (Fsp3) is 0.333. The van der Waals surface area contributed by atoms with Crippen LogP contribution in [0, 0.1) is 11.3 Å². The highest BCUT2D eigenvalue weighted by Crippen LogP contribution is 2.20. The molecular weight excluding hydrogens is 268 g/mol. The first-order valence-corrected chi connectivity index (χ1v) is 6.87. The summed E-state index contributed by atoms with van der Waals surface area (Å²) in [6.07, 6.45) is 3.81. The number of carboxylic acids is 1. The van der Waals surface area contributed by atoms with Gasteiger partial charge in [0, 0.05) is 44.1 Å². The molecule has 1 saturated heterocycles. The van der Waals surface area contributed by atoms with E-state index in [9.17, 15) is 15.2 Å². The van der Waals surface area contributed by atoms with E-state index in [4.69, 9.17) is 0 Å². The molecule has 2 N–H and O–H groups in total. The Hall–Kier alpha value is -2.36. The molecule has 108 valence electrons. The molecule has 1 fully saturated rings. The predicted octanol–water partition coefficient (Wildman–Crippen LogP) is 0.669. The third-order valence-electron chi connectivity index (χ3n) is 3.89. The molecule has 6 nitrogen and oxygen atoms in total. The smallest absolute Gasteiger partial charge is 0.322 e. The Bertz CT molecular complexity index is 716. The summed E-state index contributed by atoms with van der Waals surface area (Å²) in [5, 5.41) is 21.8. The molecular formula is C15H16N4O2. The molecule has 1 unspecified atom stereocenters. The minimum atomic E-state index is -0.829. The maximum absolute atomic E-state index is 11.3. The van der Waals surface area contributed by atoms with Crippen molar-refractivity contribution in [3.05, 3.63) is 41.7 Å². The molecule has 6 heteroatoms. The lowest BCUT2D eigenvalue weighted by molar-refractivity contribution is -0.144. The summed E-state index contributed by atoms with van der Waals surface area (Å²) >= 11 is 0. The van der Waals surface area contributed by atoms with E-state index < -0.39 is 12.0 Å². The van der Waals surface area contributed by atoms with Gasteiger partial charge in [0.15, 0.2) is 0 Å². The highest BCUT2D eigenvalue weighted by atomic mass is 16.4. The SMILES string of the molecule is N#Cc1c(CN2CCNCC2C(=O)O)cn2ccccc12. The van der Waals surface area contributed by atoms with E-state index in [1.165, 1.54) is 0 Å². The summed E-state index contributed by atoms with van der Waals surface area (Å²) in [4.78, 5) is 13.2. The molecule has 2 aromatic rings. The lowest BCUT2D eigenvalue weighted by atomic mass is 10.1. The number of aliphatic carboxylic acids is 1. The minimum Gasteiger partial charge on any atom is -0.480 e. The van der Waals surface area contributed by atoms with Crippen LogP contribution in [0.5, 0.6) is 0 Å². The van der Waals surface area contributed by atoms with Crippen LogP contribution < -0.4 is 5.32 Å². The topological polar surface area (TPSA) is 80.8 Å². The molecule has 0 amide bonds. The van der Waals surface area contributed by atoms with E-state index in [2.05, 4.69) is 11.4 Å². The number of nitrogens with zero attached hydrogens (tertiary/aromatic N) is 3. The summed E-state index contributed by atoms with van der Waals surface area (Å²) in [7, 11) is 0. The number of nitrogens with one attached hydrogen (secondary N) is 1. The van der Waals surface area contributed by atoms with Crippen molar-refractivity contribution in [3.63, 3.8) is 0 Å². The molecule has 21 heavy (non-hydrogen) atoms. The van der Waals surface area contributed by atoms with E-state index in [1.54, 1.807) is 0 Å². The Morgan fingerprint density at radius 1 is 1.52 bits per heavy atom. The first kappa shape index (κ1) is 13.6. The van der Waals surface area contributed by atoms with Crippen LogP contribution >= 0.6 is 0 Å². The average Bonchev–Trinajstić information content (AvgIpc) is 2.84. The van der Waals surface area contributed by atoms with Crippen molar-refractivity contribution in [2.45, 2.75) is 12.6 Å². The highest BCUT2D eigenvalue weighted by molar-refractivity contribution is 5.74. The van der Waals surface area contributed by atoms with Gasteiger partial charge >= 0.3 is 5.97 Å². The number of pyridine rings is 1. The molecule has 0 spiro atoms. The van der Waals surface area contributed by atoms with Crippen molar-refractivity contribution < 1.29 is 9.90 Å². The largest absolute Gasteiger partial charge is 0.480 e. The number of carboxylic acid groups (broad SMARTS) is 1. The predicted molar refractivity (Wildman–Crippen MR) is 76.8 cm³/mol. The summed E-state index contributed by atoms with van der Waals surface area (Å²) in [5.41, 5.74) is 2.35. The average molecular weight is 284 g/mol. The van der Waals surface area contributed by atoms with Crippen LogP contribution in [0.4, 0.5) is 0 Å². The molecule has 1 aliphatic rings. The number of aromatic nitrogens is 1. The number of hydrogen-bond acceptors (Lipinski definition) is 4. The van der Waals surface area contributed by atoms with Gasteiger partial charge in [0.1, 0.15) is 12.1 Å². The number of carbonyl (C=O) groups is 1. The zero-order chi connectivity index (χ0) is 14.8. The van der Waals surface area contributed by atoms with Crippen molar-refractivity contribution in [1.29, 1.82) is 5.26 Å². The van der Waals surface area contributed by atoms with Crippen LogP contribution in [-0.2, 0) is 11.3 Å². The van der Waals surface area contributed by atoms with E-state index in [-0.39, 0.29) is 0 Å². The first-order chi connectivity index (χ1) is 10.2. The standard InChI is InChI=1S/C15H16N4O2/c16-7-12-11(9-18-5-2-1-3-13(12)18)10-19-6-4-17-8-14(19)15(20)21/h1-3,5,9,14,17H,4,6,8,10H2,(H,20,21). The second-order valence-electron chi connectivity index (χ2n) is 5.16. The molecule has 0 saturated carbocycles. The van der Waals surface area contributed by atoms with Gasteiger partial charge < -0.3 is 14.8 Å². The van der Waals surface area contributed by atoms with Gasteiger partial charge in [-0.05, 0) is 12.1 Å². The Kier molecular flexibility index (Phi) is 3.60. The van der Waals surface area contributed by atoms with E-state index >= 15 is 0 Å². The van der Waals surface area contributed by atoms with Gasteiger partial charge in [-0.15, -0.1) is 0 Å². The molecule has 0 radical (unpaired) electrons. The monoisotopic (exact) mass is 284 g/mol. The number of piperazine rings is 1. The number of fused-ring (bicyclic) bond motifs is 1. The Morgan fingerprint density at radius 2 is 2.38 bits per heavy atom. The molecule has 1 atom stereocenters. The quantitative estimate of drug-likeness (QED) is 0.866. The maximum atomic E-state index is 11.3. The van der Waals surface area contributed by atoms with Crippen LogP contribution in [0.1, 0.15) is 11.1 Å². The molecule has 3 heterocycles. The highest BCUT2D eigenvalue weighted by Gasteiger charge is 2.29. The second-order valence-corrected chi connectivity index (χ2v) is 5.16. The number of rotatable bonds is 3. The first-order valence-electron chi connectivity index (χ1n) is 6.87. The molecule has 0 aromatic carbocycles. The van der Waals surface area contributed by atoms with Crippen LogP contribution in [0.25, 0.3) is 5.52 Å². The van der Waals surface area contributed by atoms with Crippen molar-refractivity contribution >= 4 is 11.5 Å². The molecule has 0 aliphatic carbocycles. The van der Waals surface area contributed by atoms with Gasteiger partial charge in [0.05, 0.1) is 11.1 Å². The van der Waals surface area contributed by atoms with E-state index in [0.29, 0.717) is 25.2 Å².